The molecule has 31 heavy (non-hydrogen) atoms. The van der Waals surface area contributed by atoms with E-state index < -0.39 is 0 Å². The molecule has 0 N–H and O–H groups in total. The van der Waals surface area contributed by atoms with Crippen LogP contribution in [-0.2, 0) is 0 Å². The Kier molecular flexibility index (Phi) is 3.90. The number of benzene rings is 5. The van der Waals surface area contributed by atoms with Crippen molar-refractivity contribution in [1.82, 2.24) is 0 Å². The molecule has 0 bridgehead atoms. The van der Waals surface area contributed by atoms with E-state index >= 15 is 0 Å². The van der Waals surface area contributed by atoms with Gasteiger partial charge in [0.1, 0.15) is 22.7 Å². The monoisotopic (exact) mass is 404 g/mol. The molecule has 0 fully saturated rings. The first-order valence-electron chi connectivity index (χ1n) is 10.3. The van der Waals surface area contributed by atoms with Crippen LogP contribution in [0, 0.1) is 0 Å². The van der Waals surface area contributed by atoms with Crippen molar-refractivity contribution in [3.63, 3.8) is 0 Å². The molecule has 0 radical (unpaired) electrons. The fourth-order valence-corrected chi connectivity index (χ4v) is 4.47. The Bertz CT molecular complexity index is 1610. The molecule has 0 spiro atoms. The minimum absolute atomic E-state index is 0.789. The first-order chi connectivity index (χ1) is 15.2. The lowest BCUT2D eigenvalue weighted by molar-refractivity contribution is 0.414. The van der Waals surface area contributed by atoms with Gasteiger partial charge in [0.15, 0.2) is 0 Å². The summed E-state index contributed by atoms with van der Waals surface area (Å²) in [6.45, 7) is 0. The van der Waals surface area contributed by atoms with Gasteiger partial charge in [-0.15, -0.1) is 0 Å². The van der Waals surface area contributed by atoms with Crippen molar-refractivity contribution in [2.24, 2.45) is 0 Å². The summed E-state index contributed by atoms with van der Waals surface area (Å²) in [6.07, 6.45) is 0. The zero-order valence-electron chi connectivity index (χ0n) is 17.3. The van der Waals surface area contributed by atoms with Crippen molar-refractivity contribution in [2.75, 3.05) is 14.2 Å². The molecule has 3 nitrogen and oxygen atoms in total. The highest BCUT2D eigenvalue weighted by Crippen LogP contribution is 2.42. The van der Waals surface area contributed by atoms with Crippen molar-refractivity contribution in [1.29, 1.82) is 0 Å². The van der Waals surface area contributed by atoms with Crippen LogP contribution in [0.1, 0.15) is 0 Å². The summed E-state index contributed by atoms with van der Waals surface area (Å²) in [7, 11) is 3.37. The SMILES string of the molecule is COc1ccc2cc(-c3cc4ccccc4c4c3oc3cc(OC)ccc34)ccc2c1. The zero-order valence-corrected chi connectivity index (χ0v) is 17.3. The van der Waals surface area contributed by atoms with Crippen molar-refractivity contribution in [3.8, 4) is 22.6 Å². The van der Waals surface area contributed by atoms with Gasteiger partial charge in [0.05, 0.1) is 14.2 Å². The second kappa shape index (κ2) is 6.78. The number of hydrogen-bond donors (Lipinski definition) is 0. The van der Waals surface area contributed by atoms with E-state index in [1.165, 1.54) is 10.8 Å². The molecule has 0 amide bonds. The average Bonchev–Trinajstić information content (AvgIpc) is 3.21. The topological polar surface area (TPSA) is 31.6 Å². The molecular weight excluding hydrogens is 384 g/mol. The largest absolute Gasteiger partial charge is 0.497 e. The number of rotatable bonds is 3. The summed E-state index contributed by atoms with van der Waals surface area (Å²) in [6, 6.07) is 29.4. The van der Waals surface area contributed by atoms with Gasteiger partial charge in [-0.3, -0.25) is 0 Å². The summed E-state index contributed by atoms with van der Waals surface area (Å²) in [5.74, 6) is 1.65. The summed E-state index contributed by atoms with van der Waals surface area (Å²) in [5.41, 5.74) is 3.94. The Morgan fingerprint density at radius 3 is 2.23 bits per heavy atom. The standard InChI is InChI=1S/C28H20O3/c1-29-21-10-9-17-13-20(8-7-18(17)14-21)25-15-19-5-3-4-6-23(19)27-24-12-11-22(30-2)16-26(24)31-28(25)27/h3-16H,1-2H3. The fourth-order valence-electron chi connectivity index (χ4n) is 4.47. The Balaban J connectivity index is 1.69. The molecule has 150 valence electrons. The van der Waals surface area contributed by atoms with Gasteiger partial charge in [-0.1, -0.05) is 42.5 Å². The molecule has 5 aromatic carbocycles. The van der Waals surface area contributed by atoms with Crippen LogP contribution in [0.15, 0.2) is 89.3 Å². The summed E-state index contributed by atoms with van der Waals surface area (Å²) in [4.78, 5) is 0. The first-order valence-corrected chi connectivity index (χ1v) is 10.3. The molecule has 0 unspecified atom stereocenters. The highest BCUT2D eigenvalue weighted by molar-refractivity contribution is 6.22. The maximum absolute atomic E-state index is 6.44. The summed E-state index contributed by atoms with van der Waals surface area (Å²) in [5, 5.41) is 6.93. The van der Waals surface area contributed by atoms with E-state index in [0.717, 1.165) is 55.3 Å². The highest BCUT2D eigenvalue weighted by Gasteiger charge is 2.17. The van der Waals surface area contributed by atoms with Crippen molar-refractivity contribution in [2.45, 2.75) is 0 Å². The average molecular weight is 404 g/mol. The highest BCUT2D eigenvalue weighted by atomic mass is 16.5. The van der Waals surface area contributed by atoms with E-state index in [4.69, 9.17) is 13.9 Å². The predicted octanol–water partition coefficient (Wildman–Crippen LogP) is 7.58. The van der Waals surface area contributed by atoms with Gasteiger partial charge in [0, 0.05) is 22.4 Å². The predicted molar refractivity (Wildman–Crippen MR) is 127 cm³/mol. The molecule has 6 aromatic rings. The molecule has 1 heterocycles. The van der Waals surface area contributed by atoms with E-state index in [9.17, 15) is 0 Å². The number of hydrogen-bond acceptors (Lipinski definition) is 3. The van der Waals surface area contributed by atoms with E-state index in [0.29, 0.717) is 0 Å². The van der Waals surface area contributed by atoms with Gasteiger partial charge in [0.2, 0.25) is 0 Å². The van der Waals surface area contributed by atoms with Crippen LogP contribution in [-0.4, -0.2) is 14.2 Å². The molecule has 0 atom stereocenters. The molecular formula is C28H20O3. The van der Waals surface area contributed by atoms with Crippen LogP contribution in [0.5, 0.6) is 11.5 Å². The third kappa shape index (κ3) is 2.74. The van der Waals surface area contributed by atoms with Gasteiger partial charge in [-0.25, -0.2) is 0 Å². The molecule has 6 rings (SSSR count). The Labute approximate surface area is 179 Å². The lowest BCUT2D eigenvalue weighted by Gasteiger charge is -2.09. The Morgan fingerprint density at radius 2 is 1.35 bits per heavy atom. The van der Waals surface area contributed by atoms with Gasteiger partial charge in [0.25, 0.3) is 0 Å². The van der Waals surface area contributed by atoms with Gasteiger partial charge >= 0.3 is 0 Å². The third-order valence-electron chi connectivity index (χ3n) is 6.03. The molecule has 0 saturated carbocycles. The van der Waals surface area contributed by atoms with Gasteiger partial charge < -0.3 is 13.9 Å². The van der Waals surface area contributed by atoms with E-state index in [1.807, 2.05) is 18.2 Å². The van der Waals surface area contributed by atoms with Crippen LogP contribution in [0.3, 0.4) is 0 Å². The minimum Gasteiger partial charge on any atom is -0.497 e. The summed E-state index contributed by atoms with van der Waals surface area (Å²) < 4.78 is 17.2. The maximum atomic E-state index is 6.44. The lowest BCUT2D eigenvalue weighted by atomic mass is 9.95. The number of fused-ring (bicyclic) bond motifs is 6. The van der Waals surface area contributed by atoms with Gasteiger partial charge in [-0.2, -0.15) is 0 Å². The van der Waals surface area contributed by atoms with Crippen LogP contribution >= 0.6 is 0 Å². The lowest BCUT2D eigenvalue weighted by Crippen LogP contribution is -1.85. The smallest absolute Gasteiger partial charge is 0.143 e. The molecule has 0 saturated heterocycles. The third-order valence-corrected chi connectivity index (χ3v) is 6.03. The van der Waals surface area contributed by atoms with Crippen molar-refractivity contribution >= 4 is 43.5 Å². The van der Waals surface area contributed by atoms with Crippen LogP contribution in [0.2, 0.25) is 0 Å². The maximum Gasteiger partial charge on any atom is 0.143 e. The minimum atomic E-state index is 0.789. The second-order valence-electron chi connectivity index (χ2n) is 7.74. The van der Waals surface area contributed by atoms with Crippen LogP contribution in [0.25, 0.3) is 54.6 Å². The molecule has 0 aliphatic heterocycles. The second-order valence-corrected chi connectivity index (χ2v) is 7.74. The van der Waals surface area contributed by atoms with E-state index in [-0.39, 0.29) is 0 Å². The number of ether oxygens (including phenoxy) is 2. The fraction of sp³-hybridized carbons (Fsp3) is 0.0714. The van der Waals surface area contributed by atoms with Crippen molar-refractivity contribution in [3.05, 3.63) is 84.9 Å². The normalized spacial score (nSPS) is 11.5. The molecule has 0 aliphatic carbocycles. The molecule has 1 aromatic heterocycles. The Morgan fingerprint density at radius 1 is 0.613 bits per heavy atom. The van der Waals surface area contributed by atoms with Crippen LogP contribution < -0.4 is 9.47 Å². The summed E-state index contributed by atoms with van der Waals surface area (Å²) >= 11 is 0. The Hall–Kier alpha value is -3.98. The number of methoxy groups -OCH3 is 2. The van der Waals surface area contributed by atoms with Gasteiger partial charge in [-0.05, 0) is 63.5 Å². The first kappa shape index (κ1) is 17.8. The van der Waals surface area contributed by atoms with E-state index in [2.05, 4.69) is 66.7 Å². The zero-order chi connectivity index (χ0) is 20.9. The van der Waals surface area contributed by atoms with Crippen LogP contribution in [0.4, 0.5) is 0 Å². The molecule has 3 heteroatoms. The number of furan rings is 1. The van der Waals surface area contributed by atoms with E-state index in [1.54, 1.807) is 14.2 Å². The van der Waals surface area contributed by atoms with Crippen molar-refractivity contribution < 1.29 is 13.9 Å². The quantitative estimate of drug-likeness (QED) is 0.305. The molecule has 0 aliphatic rings.